The maximum absolute atomic E-state index is 10.5. The molecule has 0 atom stereocenters. The first-order chi connectivity index (χ1) is 2.56. The van der Waals surface area contributed by atoms with Gasteiger partial charge in [-0.1, -0.05) is 0 Å². The minimum Gasteiger partial charge on any atom is -0.473 e. The molecule has 38 valence electrons. The molecule has 0 unspecified atom stereocenters. The Kier molecular flexibility index (Phi) is 5.86. The molecular formula is C2H2F3OY+2. The third-order valence-corrected chi connectivity index (χ3v) is 0.164. The summed E-state index contributed by atoms with van der Waals surface area (Å²) in [5.41, 5.74) is 0. The standard InChI is InChI=1S/C2H2F3O.Y/c1-6-2(3,4)5;/h1H2;/q-1;+3. The number of halogens is 3. The molecule has 5 heteroatoms. The molecule has 0 amide bonds. The number of hydrogen-bond acceptors (Lipinski definition) is 1. The number of alkyl halides is 3. The quantitative estimate of drug-likeness (QED) is 0.520. The molecule has 0 fully saturated rings. The molecule has 0 aromatic rings. The summed E-state index contributed by atoms with van der Waals surface area (Å²) < 4.78 is 34.2. The van der Waals surface area contributed by atoms with Crippen molar-refractivity contribution in [3.63, 3.8) is 0 Å². The molecule has 0 saturated heterocycles. The van der Waals surface area contributed by atoms with Crippen molar-refractivity contribution in [2.24, 2.45) is 0 Å². The van der Waals surface area contributed by atoms with Gasteiger partial charge < -0.3 is 4.74 Å². The van der Waals surface area contributed by atoms with Gasteiger partial charge in [-0.05, 0) is 0 Å². The van der Waals surface area contributed by atoms with E-state index in [1.807, 2.05) is 0 Å². The van der Waals surface area contributed by atoms with Gasteiger partial charge >= 0.3 is 39.1 Å². The Morgan fingerprint density at radius 1 is 1.29 bits per heavy atom. The smallest absolute Gasteiger partial charge is 0.473 e. The van der Waals surface area contributed by atoms with Crippen LogP contribution in [0.2, 0.25) is 0 Å². The Labute approximate surface area is 64.1 Å². The fraction of sp³-hybridized carbons (Fsp3) is 0.500. The molecule has 0 bridgehead atoms. The molecule has 0 saturated carbocycles. The third kappa shape index (κ3) is 10.9. The Bertz CT molecular complexity index is 42.7. The van der Waals surface area contributed by atoms with Crippen molar-refractivity contribution in [3.05, 3.63) is 7.11 Å². The summed E-state index contributed by atoms with van der Waals surface area (Å²) in [6.07, 6.45) is -4.57. The second-order valence-corrected chi connectivity index (χ2v) is 0.590. The molecule has 1 nitrogen and oxygen atoms in total. The van der Waals surface area contributed by atoms with E-state index in [-0.39, 0.29) is 32.7 Å². The Hall–Kier alpha value is 0.854. The van der Waals surface area contributed by atoms with Crippen LogP contribution >= 0.6 is 0 Å². The van der Waals surface area contributed by atoms with Crippen molar-refractivity contribution in [2.45, 2.75) is 6.36 Å². The van der Waals surface area contributed by atoms with E-state index in [1.54, 1.807) is 0 Å². The van der Waals surface area contributed by atoms with Crippen molar-refractivity contribution >= 4 is 0 Å². The van der Waals surface area contributed by atoms with Gasteiger partial charge in [0.05, 0.1) is 0 Å². The summed E-state index contributed by atoms with van der Waals surface area (Å²) >= 11 is 0. The minimum atomic E-state index is -4.57. The van der Waals surface area contributed by atoms with Crippen LogP contribution in [-0.4, -0.2) is 6.36 Å². The minimum absolute atomic E-state index is 0. The van der Waals surface area contributed by atoms with Crippen LogP contribution in [-0.2, 0) is 37.4 Å². The predicted molar refractivity (Wildman–Crippen MR) is 12.5 cm³/mol. The summed E-state index contributed by atoms with van der Waals surface area (Å²) in [5.74, 6) is 0. The van der Waals surface area contributed by atoms with E-state index in [2.05, 4.69) is 11.8 Å². The van der Waals surface area contributed by atoms with Gasteiger partial charge in [0.15, 0.2) is 0 Å². The summed E-state index contributed by atoms with van der Waals surface area (Å²) in [6, 6.07) is 0. The van der Waals surface area contributed by atoms with Crippen molar-refractivity contribution in [1.82, 2.24) is 0 Å². The maximum Gasteiger partial charge on any atom is 3.00 e. The predicted octanol–water partition coefficient (Wildman–Crippen LogP) is 1.31. The molecule has 0 N–H and O–H groups in total. The molecule has 0 rings (SSSR count). The van der Waals surface area contributed by atoms with Crippen molar-refractivity contribution in [1.29, 1.82) is 0 Å². The average Bonchev–Trinajstić information content (AvgIpc) is 1.35. The molecule has 0 radical (unpaired) electrons. The van der Waals surface area contributed by atoms with Crippen LogP contribution in [0.15, 0.2) is 0 Å². The van der Waals surface area contributed by atoms with Gasteiger partial charge in [-0.15, -0.1) is 13.2 Å². The Balaban J connectivity index is 0. The van der Waals surface area contributed by atoms with Crippen molar-refractivity contribution < 1.29 is 50.6 Å². The van der Waals surface area contributed by atoms with Crippen LogP contribution in [0.4, 0.5) is 13.2 Å². The van der Waals surface area contributed by atoms with E-state index in [9.17, 15) is 13.2 Å². The fourth-order valence-corrected chi connectivity index (χ4v) is 0. The second-order valence-electron chi connectivity index (χ2n) is 0.590. The number of rotatable bonds is 0. The summed E-state index contributed by atoms with van der Waals surface area (Å²) in [5, 5.41) is 0. The van der Waals surface area contributed by atoms with Gasteiger partial charge in [0.2, 0.25) is 0 Å². The van der Waals surface area contributed by atoms with Crippen LogP contribution in [0.5, 0.6) is 0 Å². The zero-order chi connectivity index (χ0) is 5.21. The first-order valence-corrected chi connectivity index (χ1v) is 1.06. The molecule has 0 aliphatic heterocycles. The van der Waals surface area contributed by atoms with Gasteiger partial charge in [-0.25, -0.2) is 7.11 Å². The summed E-state index contributed by atoms with van der Waals surface area (Å²) in [7, 11) is 2.13. The molecular weight excluding hydrogens is 186 g/mol. The van der Waals surface area contributed by atoms with E-state index >= 15 is 0 Å². The first-order valence-electron chi connectivity index (χ1n) is 1.06. The van der Waals surface area contributed by atoms with Crippen LogP contribution in [0.25, 0.3) is 0 Å². The first kappa shape index (κ1) is 10.8. The van der Waals surface area contributed by atoms with Crippen LogP contribution in [0.1, 0.15) is 0 Å². The van der Waals surface area contributed by atoms with E-state index in [0.29, 0.717) is 0 Å². The van der Waals surface area contributed by atoms with Gasteiger partial charge in [0.1, 0.15) is 0 Å². The zero-order valence-corrected chi connectivity index (χ0v) is 6.16. The van der Waals surface area contributed by atoms with Crippen LogP contribution in [0, 0.1) is 7.11 Å². The van der Waals surface area contributed by atoms with E-state index in [1.165, 1.54) is 0 Å². The van der Waals surface area contributed by atoms with Crippen molar-refractivity contribution in [2.75, 3.05) is 0 Å². The van der Waals surface area contributed by atoms with Gasteiger partial charge in [-0.3, -0.25) is 0 Å². The normalized spacial score (nSPS) is 10.3. The van der Waals surface area contributed by atoms with E-state index in [0.717, 1.165) is 0 Å². The Morgan fingerprint density at radius 3 is 1.43 bits per heavy atom. The molecule has 0 aromatic carbocycles. The largest absolute Gasteiger partial charge is 3.00 e. The molecule has 0 aliphatic rings. The molecule has 0 aliphatic carbocycles. The summed E-state index contributed by atoms with van der Waals surface area (Å²) in [4.78, 5) is 0. The second kappa shape index (κ2) is 3.81. The van der Waals surface area contributed by atoms with Crippen LogP contribution < -0.4 is 0 Å². The average molecular weight is 188 g/mol. The maximum atomic E-state index is 10.5. The van der Waals surface area contributed by atoms with Gasteiger partial charge in [0, 0.05) is 0 Å². The van der Waals surface area contributed by atoms with Crippen LogP contribution in [0.3, 0.4) is 0 Å². The van der Waals surface area contributed by atoms with Crippen molar-refractivity contribution in [3.8, 4) is 0 Å². The summed E-state index contributed by atoms with van der Waals surface area (Å²) in [6.45, 7) is 0. The monoisotopic (exact) mass is 188 g/mol. The number of hydrogen-bond donors (Lipinski definition) is 0. The molecule has 0 spiro atoms. The third-order valence-electron chi connectivity index (χ3n) is 0.164. The van der Waals surface area contributed by atoms with Gasteiger partial charge in [0.25, 0.3) is 0 Å². The van der Waals surface area contributed by atoms with E-state index in [4.69, 9.17) is 0 Å². The zero-order valence-electron chi connectivity index (χ0n) is 3.33. The van der Waals surface area contributed by atoms with E-state index < -0.39 is 6.36 Å². The topological polar surface area (TPSA) is 9.23 Å². The molecule has 0 heterocycles. The molecule has 7 heavy (non-hydrogen) atoms. The Morgan fingerprint density at radius 2 is 1.43 bits per heavy atom. The fourth-order valence-electron chi connectivity index (χ4n) is 0. The number of ether oxygens (including phenoxy) is 1. The SMILES string of the molecule is [CH2-]OC(F)(F)F.[Y+3]. The molecule has 0 aromatic heterocycles. The van der Waals surface area contributed by atoms with Gasteiger partial charge in [-0.2, -0.15) is 0 Å².